The van der Waals surface area contributed by atoms with Gasteiger partial charge in [0.25, 0.3) is 0 Å². The van der Waals surface area contributed by atoms with Gasteiger partial charge in [0.2, 0.25) is 0 Å². The second-order valence-electron chi connectivity index (χ2n) is 5.33. The summed E-state index contributed by atoms with van der Waals surface area (Å²) in [5.74, 6) is 0.706. The number of hydrogen-bond acceptors (Lipinski definition) is 2. The first-order valence-electron chi connectivity index (χ1n) is 5.51. The largest absolute Gasteiger partial charge is 0.496 e. The molecule has 1 rings (SSSR count). The summed E-state index contributed by atoms with van der Waals surface area (Å²) in [6, 6.07) is 5.83. The number of benzene rings is 1. The minimum atomic E-state index is 0.0487. The van der Waals surface area contributed by atoms with Crippen molar-refractivity contribution in [3.8, 4) is 5.75 Å². The van der Waals surface area contributed by atoms with Gasteiger partial charge in [-0.25, -0.2) is 0 Å². The van der Waals surface area contributed by atoms with Crippen LogP contribution in [0.3, 0.4) is 0 Å². The molecule has 0 radical (unpaired) electrons. The molecule has 0 aliphatic carbocycles. The fourth-order valence-corrected chi connectivity index (χ4v) is 1.75. The summed E-state index contributed by atoms with van der Waals surface area (Å²) in [6.07, 6.45) is 0.956. The molecule has 0 N–H and O–H groups in total. The van der Waals surface area contributed by atoms with Gasteiger partial charge in [0, 0.05) is 0 Å². The maximum absolute atomic E-state index is 11.5. The highest BCUT2D eigenvalue weighted by molar-refractivity contribution is 5.97. The van der Waals surface area contributed by atoms with Crippen molar-refractivity contribution < 1.29 is 9.53 Å². The van der Waals surface area contributed by atoms with Gasteiger partial charge in [-0.15, -0.1) is 0 Å². The van der Waals surface area contributed by atoms with Gasteiger partial charge in [0.15, 0.2) is 5.78 Å². The summed E-state index contributed by atoms with van der Waals surface area (Å²) in [5, 5.41) is 0. The predicted molar refractivity (Wildman–Crippen MR) is 66.2 cm³/mol. The van der Waals surface area contributed by atoms with Crippen molar-refractivity contribution in [2.45, 2.75) is 34.1 Å². The Morgan fingerprint density at radius 2 is 1.94 bits per heavy atom. The van der Waals surface area contributed by atoms with Gasteiger partial charge < -0.3 is 4.74 Å². The molecule has 0 fully saturated rings. The molecular formula is C14H20O2. The lowest BCUT2D eigenvalue weighted by Gasteiger charge is -2.19. The first-order chi connectivity index (χ1) is 7.33. The number of hydrogen-bond donors (Lipinski definition) is 0. The van der Waals surface area contributed by atoms with Gasteiger partial charge in [0.05, 0.1) is 12.7 Å². The molecule has 0 aromatic heterocycles. The average Bonchev–Trinajstić information content (AvgIpc) is 2.15. The molecule has 2 nitrogen and oxygen atoms in total. The Bertz CT molecular complexity index is 386. The predicted octanol–water partition coefficient (Wildman–Crippen LogP) is 3.49. The Hall–Kier alpha value is -1.31. The van der Waals surface area contributed by atoms with Gasteiger partial charge in [-0.2, -0.15) is 0 Å². The van der Waals surface area contributed by atoms with E-state index in [1.807, 2.05) is 18.2 Å². The molecule has 0 aliphatic rings. The molecule has 0 aliphatic heterocycles. The quantitative estimate of drug-likeness (QED) is 0.729. The lowest BCUT2D eigenvalue weighted by atomic mass is 9.87. The summed E-state index contributed by atoms with van der Waals surface area (Å²) in [6.45, 7) is 8.12. The maximum atomic E-state index is 11.5. The summed E-state index contributed by atoms with van der Waals surface area (Å²) in [4.78, 5) is 11.5. The van der Waals surface area contributed by atoms with Gasteiger partial charge >= 0.3 is 0 Å². The minimum Gasteiger partial charge on any atom is -0.496 e. The first-order valence-corrected chi connectivity index (χ1v) is 5.51. The Morgan fingerprint density at radius 3 is 2.38 bits per heavy atom. The zero-order chi connectivity index (χ0) is 12.3. The van der Waals surface area contributed by atoms with Gasteiger partial charge in [0.1, 0.15) is 5.75 Å². The summed E-state index contributed by atoms with van der Waals surface area (Å²) in [5.41, 5.74) is 2.07. The van der Waals surface area contributed by atoms with Crippen LogP contribution in [-0.2, 0) is 6.42 Å². The number of rotatable bonds is 3. The zero-order valence-corrected chi connectivity index (χ0v) is 10.8. The van der Waals surface area contributed by atoms with Crippen LogP contribution in [-0.4, -0.2) is 12.9 Å². The maximum Gasteiger partial charge on any atom is 0.163 e. The van der Waals surface area contributed by atoms with Crippen LogP contribution in [0.15, 0.2) is 18.2 Å². The summed E-state index contributed by atoms with van der Waals surface area (Å²) in [7, 11) is 1.59. The number of Topliss-reactive ketones (excluding diaryl/α,β-unsaturated/α-hetero) is 1. The lowest BCUT2D eigenvalue weighted by Crippen LogP contribution is -2.10. The third-order valence-corrected chi connectivity index (χ3v) is 2.38. The number of carbonyl (C=O) groups excluding carboxylic acids is 1. The van der Waals surface area contributed by atoms with Crippen LogP contribution >= 0.6 is 0 Å². The molecule has 0 spiro atoms. The van der Waals surface area contributed by atoms with E-state index < -0.39 is 0 Å². The second kappa shape index (κ2) is 4.69. The topological polar surface area (TPSA) is 26.3 Å². The minimum absolute atomic E-state index is 0.0487. The van der Waals surface area contributed by atoms with Crippen molar-refractivity contribution in [3.63, 3.8) is 0 Å². The van der Waals surface area contributed by atoms with Crippen molar-refractivity contribution in [3.05, 3.63) is 29.3 Å². The third kappa shape index (κ3) is 3.37. The fourth-order valence-electron chi connectivity index (χ4n) is 1.75. The number of ketones is 1. The van der Waals surface area contributed by atoms with E-state index in [0.29, 0.717) is 11.3 Å². The first kappa shape index (κ1) is 12.8. The van der Waals surface area contributed by atoms with Gasteiger partial charge in [-0.3, -0.25) is 4.79 Å². The van der Waals surface area contributed by atoms with E-state index in [2.05, 4.69) is 20.8 Å². The van der Waals surface area contributed by atoms with E-state index in [1.165, 1.54) is 5.56 Å². The number of ether oxygens (including phenoxy) is 1. The molecule has 0 saturated heterocycles. The monoisotopic (exact) mass is 220 g/mol. The van der Waals surface area contributed by atoms with E-state index >= 15 is 0 Å². The molecular weight excluding hydrogens is 200 g/mol. The molecule has 0 amide bonds. The Kier molecular flexibility index (Phi) is 3.74. The SMILES string of the molecule is COc1ccc(CC(C)(C)C)cc1C(C)=O. The highest BCUT2D eigenvalue weighted by atomic mass is 16.5. The van der Waals surface area contributed by atoms with Crippen molar-refractivity contribution in [1.82, 2.24) is 0 Å². The Balaban J connectivity index is 3.07. The molecule has 88 valence electrons. The highest BCUT2D eigenvalue weighted by Crippen LogP contribution is 2.25. The van der Waals surface area contributed by atoms with Crippen LogP contribution in [0.2, 0.25) is 0 Å². The Labute approximate surface area is 97.6 Å². The fraction of sp³-hybridized carbons (Fsp3) is 0.500. The van der Waals surface area contributed by atoms with Crippen LogP contribution < -0.4 is 4.74 Å². The molecule has 0 atom stereocenters. The van der Waals surface area contributed by atoms with Crippen LogP contribution in [0.1, 0.15) is 43.6 Å². The van der Waals surface area contributed by atoms with Crippen molar-refractivity contribution >= 4 is 5.78 Å². The molecule has 16 heavy (non-hydrogen) atoms. The molecule has 2 heteroatoms. The van der Waals surface area contributed by atoms with E-state index in [4.69, 9.17) is 4.74 Å². The van der Waals surface area contributed by atoms with Crippen LogP contribution in [0.25, 0.3) is 0 Å². The van der Waals surface area contributed by atoms with E-state index in [0.717, 1.165) is 6.42 Å². The molecule has 1 aromatic carbocycles. The van der Waals surface area contributed by atoms with Crippen LogP contribution in [0.4, 0.5) is 0 Å². The Morgan fingerprint density at radius 1 is 1.31 bits per heavy atom. The number of carbonyl (C=O) groups is 1. The van der Waals surface area contributed by atoms with Gasteiger partial charge in [-0.05, 0) is 36.5 Å². The third-order valence-electron chi connectivity index (χ3n) is 2.38. The van der Waals surface area contributed by atoms with Crippen molar-refractivity contribution in [1.29, 1.82) is 0 Å². The lowest BCUT2D eigenvalue weighted by molar-refractivity contribution is 0.101. The molecule has 1 aromatic rings. The van der Waals surface area contributed by atoms with E-state index in [9.17, 15) is 4.79 Å². The molecule has 0 unspecified atom stereocenters. The van der Waals surface area contributed by atoms with Crippen molar-refractivity contribution in [2.24, 2.45) is 5.41 Å². The second-order valence-corrected chi connectivity index (χ2v) is 5.33. The molecule has 0 saturated carbocycles. The summed E-state index contributed by atoms with van der Waals surface area (Å²) < 4.78 is 5.17. The molecule has 0 bridgehead atoms. The van der Waals surface area contributed by atoms with Crippen molar-refractivity contribution in [2.75, 3.05) is 7.11 Å². The standard InChI is InChI=1S/C14H20O2/c1-10(15)12-8-11(9-14(2,3)4)6-7-13(12)16-5/h6-8H,9H2,1-5H3. The van der Waals surface area contributed by atoms with Crippen LogP contribution in [0.5, 0.6) is 5.75 Å². The van der Waals surface area contributed by atoms with E-state index in [1.54, 1.807) is 14.0 Å². The van der Waals surface area contributed by atoms with Crippen LogP contribution in [0, 0.1) is 5.41 Å². The van der Waals surface area contributed by atoms with Gasteiger partial charge in [-0.1, -0.05) is 26.8 Å². The molecule has 0 heterocycles. The smallest absolute Gasteiger partial charge is 0.163 e. The number of methoxy groups -OCH3 is 1. The van der Waals surface area contributed by atoms with E-state index in [-0.39, 0.29) is 11.2 Å². The average molecular weight is 220 g/mol. The normalized spacial score (nSPS) is 11.3. The highest BCUT2D eigenvalue weighted by Gasteiger charge is 2.14. The zero-order valence-electron chi connectivity index (χ0n) is 10.8. The summed E-state index contributed by atoms with van der Waals surface area (Å²) >= 11 is 0.